The Morgan fingerprint density at radius 1 is 0.522 bits per heavy atom. The van der Waals surface area contributed by atoms with Crippen molar-refractivity contribution in [2.24, 2.45) is 9.98 Å². The summed E-state index contributed by atoms with van der Waals surface area (Å²) in [4.78, 5) is 15.7. The first-order valence-corrected chi connectivity index (χ1v) is 7.29. The molecule has 0 amide bonds. The summed E-state index contributed by atoms with van der Waals surface area (Å²) in [5.74, 6) is 5.07. The van der Waals surface area contributed by atoms with Crippen LogP contribution >= 0.6 is 0 Å². The summed E-state index contributed by atoms with van der Waals surface area (Å²) in [6, 6.07) is 7.86. The largest absolute Gasteiger partial charge is 0.328 e. The van der Waals surface area contributed by atoms with E-state index in [0.717, 1.165) is 46.3 Å². The van der Waals surface area contributed by atoms with Crippen LogP contribution in [-0.4, -0.2) is 21.6 Å². The maximum atomic E-state index is 4.56. The van der Waals surface area contributed by atoms with E-state index in [4.69, 9.17) is 0 Å². The van der Waals surface area contributed by atoms with E-state index >= 15 is 0 Å². The molecular formula is C16H13N7. The molecule has 7 nitrogen and oxygen atoms in total. The number of anilines is 4. The van der Waals surface area contributed by atoms with Crippen LogP contribution in [0.25, 0.3) is 0 Å². The minimum absolute atomic E-state index is 0.780. The Bertz CT molecular complexity index is 872. The highest BCUT2D eigenvalue weighted by atomic mass is 15.2. The van der Waals surface area contributed by atoms with Gasteiger partial charge < -0.3 is 25.9 Å². The molecule has 0 unspecified atom stereocenters. The van der Waals surface area contributed by atoms with Gasteiger partial charge in [0.15, 0.2) is 0 Å². The van der Waals surface area contributed by atoms with Gasteiger partial charge in [-0.15, -0.1) is 0 Å². The number of fused-ring (bicyclic) bond motifs is 6. The van der Waals surface area contributed by atoms with Crippen LogP contribution in [-0.2, 0) is 0 Å². The number of amidine groups is 2. The van der Waals surface area contributed by atoms with Crippen molar-refractivity contribution < 1.29 is 0 Å². The highest BCUT2D eigenvalue weighted by Gasteiger charge is 2.14. The molecule has 23 heavy (non-hydrogen) atoms. The Balaban J connectivity index is 1.61. The summed E-state index contributed by atoms with van der Waals surface area (Å²) < 4.78 is 0. The minimum atomic E-state index is 0.780. The van der Waals surface area contributed by atoms with Crippen LogP contribution in [0.15, 0.2) is 69.9 Å². The first kappa shape index (κ1) is 12.1. The van der Waals surface area contributed by atoms with Crippen molar-refractivity contribution in [1.82, 2.24) is 9.97 Å². The van der Waals surface area contributed by atoms with Crippen molar-refractivity contribution in [2.45, 2.75) is 0 Å². The number of allylic oxidation sites excluding steroid dienone is 2. The summed E-state index contributed by atoms with van der Waals surface area (Å²) >= 11 is 0. The third-order valence-electron chi connectivity index (χ3n) is 3.71. The van der Waals surface area contributed by atoms with Crippen molar-refractivity contribution in [3.05, 3.63) is 60.0 Å². The molecule has 2 aromatic heterocycles. The lowest BCUT2D eigenvalue weighted by atomic mass is 10.3. The van der Waals surface area contributed by atoms with Crippen molar-refractivity contribution in [1.29, 1.82) is 0 Å². The molecule has 2 aromatic rings. The molecule has 5 heterocycles. The zero-order chi connectivity index (χ0) is 15.2. The number of hydrogen-bond acceptors (Lipinski definition) is 5. The Hall–Kier alpha value is -3.48. The maximum Gasteiger partial charge on any atom is 0.132 e. The predicted octanol–water partition coefficient (Wildman–Crippen LogP) is 3.07. The van der Waals surface area contributed by atoms with Crippen LogP contribution in [0.4, 0.5) is 23.3 Å². The van der Waals surface area contributed by atoms with Gasteiger partial charge in [-0.2, -0.15) is 0 Å². The molecular weight excluding hydrogens is 290 g/mol. The number of rotatable bonds is 0. The molecule has 0 radical (unpaired) electrons. The summed E-state index contributed by atoms with van der Waals surface area (Å²) in [5, 5.41) is 9.79. The Morgan fingerprint density at radius 3 is 1.43 bits per heavy atom. The van der Waals surface area contributed by atoms with Crippen LogP contribution in [0.1, 0.15) is 0 Å². The quantitative estimate of drug-likeness (QED) is 0.518. The molecule has 3 aliphatic rings. The molecule has 0 saturated heterocycles. The molecule has 7 heteroatoms. The minimum Gasteiger partial charge on any atom is -0.328 e. The number of hydrogen-bond donors (Lipinski definition) is 5. The zero-order valence-electron chi connectivity index (χ0n) is 12.0. The van der Waals surface area contributed by atoms with Gasteiger partial charge in [0, 0.05) is 0 Å². The molecule has 8 bridgehead atoms. The number of H-pyrrole nitrogens is 2. The van der Waals surface area contributed by atoms with Crippen LogP contribution in [0.2, 0.25) is 0 Å². The third kappa shape index (κ3) is 2.15. The van der Waals surface area contributed by atoms with Crippen molar-refractivity contribution in [3.8, 4) is 0 Å². The fourth-order valence-corrected chi connectivity index (χ4v) is 2.65. The lowest BCUT2D eigenvalue weighted by Crippen LogP contribution is -2.07. The second-order valence-electron chi connectivity index (χ2n) is 5.38. The molecule has 112 valence electrons. The molecule has 0 atom stereocenters. The molecule has 0 saturated carbocycles. The zero-order valence-corrected chi connectivity index (χ0v) is 12.0. The van der Waals surface area contributed by atoms with Gasteiger partial charge in [0.05, 0.1) is 11.4 Å². The lowest BCUT2D eigenvalue weighted by molar-refractivity contribution is 1.30. The van der Waals surface area contributed by atoms with Gasteiger partial charge in [-0.1, -0.05) is 0 Å². The first-order valence-electron chi connectivity index (χ1n) is 7.29. The van der Waals surface area contributed by atoms with Gasteiger partial charge in [-0.3, -0.25) is 0 Å². The van der Waals surface area contributed by atoms with Gasteiger partial charge in [-0.25, -0.2) is 9.98 Å². The van der Waals surface area contributed by atoms with Gasteiger partial charge in [0.2, 0.25) is 0 Å². The number of aromatic nitrogens is 2. The second-order valence-corrected chi connectivity index (χ2v) is 5.38. The molecule has 0 fully saturated rings. The molecule has 0 spiro atoms. The SMILES string of the molecule is C1=CC2=C3C=CC(=N3)Nc3ccc([nH]3)Nc3ccc([nH]3)NC1=N2. The summed E-state index contributed by atoms with van der Waals surface area (Å²) in [5.41, 5.74) is 1.68. The summed E-state index contributed by atoms with van der Waals surface area (Å²) in [7, 11) is 0. The van der Waals surface area contributed by atoms with E-state index in [-0.39, 0.29) is 0 Å². The van der Waals surface area contributed by atoms with E-state index in [1.807, 2.05) is 48.6 Å². The first-order chi connectivity index (χ1) is 11.3. The average molecular weight is 303 g/mol. The molecule has 0 aromatic carbocycles. The fourth-order valence-electron chi connectivity index (χ4n) is 2.65. The van der Waals surface area contributed by atoms with Crippen molar-refractivity contribution >= 4 is 34.9 Å². The predicted molar refractivity (Wildman–Crippen MR) is 92.3 cm³/mol. The Labute approximate surface area is 131 Å². The van der Waals surface area contributed by atoms with Gasteiger partial charge in [0.25, 0.3) is 0 Å². The molecule has 5 N–H and O–H groups in total. The van der Waals surface area contributed by atoms with Crippen LogP contribution < -0.4 is 16.0 Å². The fraction of sp³-hybridized carbons (Fsp3) is 0. The lowest BCUT2D eigenvalue weighted by Gasteiger charge is -2.03. The Morgan fingerprint density at radius 2 is 0.957 bits per heavy atom. The van der Waals surface area contributed by atoms with E-state index in [2.05, 4.69) is 35.9 Å². The second kappa shape index (κ2) is 4.51. The third-order valence-corrected chi connectivity index (χ3v) is 3.71. The van der Waals surface area contributed by atoms with Gasteiger partial charge in [0.1, 0.15) is 34.9 Å². The van der Waals surface area contributed by atoms with Gasteiger partial charge >= 0.3 is 0 Å². The van der Waals surface area contributed by atoms with Gasteiger partial charge in [-0.05, 0) is 48.6 Å². The number of aromatic amines is 2. The smallest absolute Gasteiger partial charge is 0.132 e. The van der Waals surface area contributed by atoms with Crippen molar-refractivity contribution in [2.75, 3.05) is 16.0 Å². The Kier molecular flexibility index (Phi) is 2.37. The highest BCUT2D eigenvalue weighted by molar-refractivity contribution is 6.08. The molecule has 0 aliphatic carbocycles. The number of aliphatic imine (C=N–C) groups is 2. The number of nitrogens with one attached hydrogen (secondary N) is 5. The summed E-state index contributed by atoms with van der Waals surface area (Å²) in [6.45, 7) is 0. The summed E-state index contributed by atoms with van der Waals surface area (Å²) in [6.07, 6.45) is 7.78. The van der Waals surface area contributed by atoms with E-state index in [1.54, 1.807) is 0 Å². The van der Waals surface area contributed by atoms with Crippen LogP contribution in [0, 0.1) is 0 Å². The molecule has 3 aliphatic heterocycles. The van der Waals surface area contributed by atoms with Crippen molar-refractivity contribution in [3.63, 3.8) is 0 Å². The highest BCUT2D eigenvalue weighted by Crippen LogP contribution is 2.24. The van der Waals surface area contributed by atoms with E-state index in [9.17, 15) is 0 Å². The molecule has 5 rings (SSSR count). The maximum absolute atomic E-state index is 4.56. The normalized spacial score (nSPS) is 17.7. The van der Waals surface area contributed by atoms with E-state index < -0.39 is 0 Å². The monoisotopic (exact) mass is 303 g/mol. The topological polar surface area (TPSA) is 92.4 Å². The average Bonchev–Trinajstić information content (AvgIpc) is 3.28. The van der Waals surface area contributed by atoms with E-state index in [0.29, 0.717) is 0 Å². The number of nitrogens with zero attached hydrogens (tertiary/aromatic N) is 2. The standard InChI is InChI=1S/C16H13N7/c1-3-11-17-9(1)10-2-4-12(18-10)20-14-6-8-16(22-14)23-15-7-5-13(19-11)21-15/h1-8,21-23H,(H,17,19)(H,18,20). The van der Waals surface area contributed by atoms with Crippen LogP contribution in [0.3, 0.4) is 0 Å². The van der Waals surface area contributed by atoms with E-state index in [1.165, 1.54) is 0 Å². The van der Waals surface area contributed by atoms with Crippen LogP contribution in [0.5, 0.6) is 0 Å².